The van der Waals surface area contributed by atoms with E-state index in [2.05, 4.69) is 19.9 Å². The number of aliphatic carboxylic acids is 1. The van der Waals surface area contributed by atoms with Gasteiger partial charge in [0, 0.05) is 23.1 Å². The highest BCUT2D eigenvalue weighted by Crippen LogP contribution is 2.19. The van der Waals surface area contributed by atoms with E-state index in [1.54, 1.807) is 12.3 Å². The van der Waals surface area contributed by atoms with Crippen molar-refractivity contribution in [2.45, 2.75) is 33.1 Å². The van der Waals surface area contributed by atoms with Crippen LogP contribution < -0.4 is 0 Å². The lowest BCUT2D eigenvalue weighted by Crippen LogP contribution is -2.12. The topological polar surface area (TPSA) is 88.9 Å². The third kappa shape index (κ3) is 2.96. The second-order valence-corrected chi connectivity index (χ2v) is 4.29. The SMILES string of the molecule is CCc1nc(-c2ccncn2)nc(CC)c1CC(=O)O. The minimum absolute atomic E-state index is 0.0452. The maximum absolute atomic E-state index is 11.0. The largest absolute Gasteiger partial charge is 0.481 e. The third-order valence-electron chi connectivity index (χ3n) is 2.99. The van der Waals surface area contributed by atoms with Crippen LogP contribution in [0, 0.1) is 0 Å². The standard InChI is InChI=1S/C14H16N4O2/c1-3-10-9(7-13(19)20)11(4-2)18-14(17-10)12-5-6-15-8-16-12/h5-6,8H,3-4,7H2,1-2H3,(H,19,20). The zero-order chi connectivity index (χ0) is 14.5. The van der Waals surface area contributed by atoms with Crippen LogP contribution >= 0.6 is 0 Å². The van der Waals surface area contributed by atoms with Gasteiger partial charge in [-0.25, -0.2) is 19.9 Å². The Balaban J connectivity index is 2.55. The zero-order valence-electron chi connectivity index (χ0n) is 11.5. The van der Waals surface area contributed by atoms with Crippen LogP contribution in [0.15, 0.2) is 18.6 Å². The fourth-order valence-electron chi connectivity index (χ4n) is 2.06. The molecule has 2 aromatic heterocycles. The molecule has 104 valence electrons. The molecule has 0 unspecified atom stereocenters. The Bertz CT molecular complexity index is 589. The summed E-state index contributed by atoms with van der Waals surface area (Å²) < 4.78 is 0. The maximum Gasteiger partial charge on any atom is 0.307 e. The van der Waals surface area contributed by atoms with Crippen molar-refractivity contribution in [2.75, 3.05) is 0 Å². The van der Waals surface area contributed by atoms with E-state index in [-0.39, 0.29) is 6.42 Å². The molecule has 2 rings (SSSR count). The number of nitrogens with zero attached hydrogens (tertiary/aromatic N) is 4. The first-order chi connectivity index (χ1) is 9.65. The Labute approximate surface area is 117 Å². The molecule has 0 bridgehead atoms. The van der Waals surface area contributed by atoms with E-state index < -0.39 is 5.97 Å². The van der Waals surface area contributed by atoms with Gasteiger partial charge in [0.15, 0.2) is 5.82 Å². The summed E-state index contributed by atoms with van der Waals surface area (Å²) >= 11 is 0. The Morgan fingerprint density at radius 3 is 2.30 bits per heavy atom. The number of hydrogen-bond donors (Lipinski definition) is 1. The molecular weight excluding hydrogens is 256 g/mol. The van der Waals surface area contributed by atoms with E-state index >= 15 is 0 Å². The lowest BCUT2D eigenvalue weighted by atomic mass is 10.0. The van der Waals surface area contributed by atoms with Crippen molar-refractivity contribution < 1.29 is 9.90 Å². The van der Waals surface area contributed by atoms with Crippen molar-refractivity contribution in [2.24, 2.45) is 0 Å². The van der Waals surface area contributed by atoms with E-state index in [1.807, 2.05) is 13.8 Å². The van der Waals surface area contributed by atoms with Crippen LogP contribution in [0.25, 0.3) is 11.5 Å². The second-order valence-electron chi connectivity index (χ2n) is 4.29. The first-order valence-electron chi connectivity index (χ1n) is 6.52. The van der Waals surface area contributed by atoms with E-state index in [9.17, 15) is 4.79 Å². The number of carboxylic acids is 1. The fourth-order valence-corrected chi connectivity index (χ4v) is 2.06. The number of aromatic nitrogens is 4. The van der Waals surface area contributed by atoms with E-state index in [0.717, 1.165) is 17.0 Å². The van der Waals surface area contributed by atoms with Gasteiger partial charge in [-0.2, -0.15) is 0 Å². The quantitative estimate of drug-likeness (QED) is 0.890. The van der Waals surface area contributed by atoms with Gasteiger partial charge < -0.3 is 5.11 Å². The minimum Gasteiger partial charge on any atom is -0.481 e. The summed E-state index contributed by atoms with van der Waals surface area (Å²) in [7, 11) is 0. The van der Waals surface area contributed by atoms with Gasteiger partial charge in [0.2, 0.25) is 0 Å². The first-order valence-corrected chi connectivity index (χ1v) is 6.52. The highest BCUT2D eigenvalue weighted by molar-refractivity contribution is 5.71. The van der Waals surface area contributed by atoms with Gasteiger partial charge in [0.25, 0.3) is 0 Å². The van der Waals surface area contributed by atoms with Crippen LogP contribution in [-0.2, 0) is 24.1 Å². The molecule has 0 aromatic carbocycles. The highest BCUT2D eigenvalue weighted by Gasteiger charge is 2.16. The van der Waals surface area contributed by atoms with Crippen molar-refractivity contribution in [1.29, 1.82) is 0 Å². The van der Waals surface area contributed by atoms with Crippen molar-refractivity contribution in [3.05, 3.63) is 35.5 Å². The van der Waals surface area contributed by atoms with Gasteiger partial charge in [-0.15, -0.1) is 0 Å². The summed E-state index contributed by atoms with van der Waals surface area (Å²) in [5, 5.41) is 9.02. The average Bonchev–Trinajstić information content (AvgIpc) is 2.47. The molecular formula is C14H16N4O2. The van der Waals surface area contributed by atoms with Crippen LogP contribution in [0.2, 0.25) is 0 Å². The van der Waals surface area contributed by atoms with Gasteiger partial charge >= 0.3 is 5.97 Å². The lowest BCUT2D eigenvalue weighted by molar-refractivity contribution is -0.136. The van der Waals surface area contributed by atoms with Crippen molar-refractivity contribution in [3.63, 3.8) is 0 Å². The molecule has 0 fully saturated rings. The molecule has 6 nitrogen and oxygen atoms in total. The zero-order valence-corrected chi connectivity index (χ0v) is 11.5. The normalized spacial score (nSPS) is 10.5. The van der Waals surface area contributed by atoms with Crippen LogP contribution in [0.4, 0.5) is 0 Å². The summed E-state index contributed by atoms with van der Waals surface area (Å²) in [6.45, 7) is 3.91. The predicted molar refractivity (Wildman–Crippen MR) is 73.2 cm³/mol. The molecule has 0 aliphatic rings. The van der Waals surface area contributed by atoms with Crippen molar-refractivity contribution in [3.8, 4) is 11.5 Å². The smallest absolute Gasteiger partial charge is 0.307 e. The van der Waals surface area contributed by atoms with Gasteiger partial charge in [-0.3, -0.25) is 4.79 Å². The molecule has 0 aliphatic heterocycles. The van der Waals surface area contributed by atoms with Crippen molar-refractivity contribution >= 4 is 5.97 Å². The number of hydrogen-bond acceptors (Lipinski definition) is 5. The summed E-state index contributed by atoms with van der Waals surface area (Å²) in [5.41, 5.74) is 2.91. The maximum atomic E-state index is 11.0. The van der Waals surface area contributed by atoms with Crippen LogP contribution in [0.1, 0.15) is 30.8 Å². The van der Waals surface area contributed by atoms with E-state index in [4.69, 9.17) is 5.11 Å². The second kappa shape index (κ2) is 6.18. The molecule has 2 aromatic rings. The highest BCUT2D eigenvalue weighted by atomic mass is 16.4. The summed E-state index contributed by atoms with van der Waals surface area (Å²) in [6, 6.07) is 1.74. The number of aryl methyl sites for hydroxylation is 2. The molecule has 0 saturated carbocycles. The summed E-state index contributed by atoms with van der Waals surface area (Å²) in [5.74, 6) is -0.344. The number of carboxylic acid groups (broad SMARTS) is 1. The van der Waals surface area contributed by atoms with Gasteiger partial charge in [0.05, 0.1) is 6.42 Å². The molecule has 0 spiro atoms. The average molecular weight is 272 g/mol. The first kappa shape index (κ1) is 14.0. The lowest BCUT2D eigenvalue weighted by Gasteiger charge is -2.12. The Morgan fingerprint density at radius 1 is 1.20 bits per heavy atom. The van der Waals surface area contributed by atoms with Crippen molar-refractivity contribution in [1.82, 2.24) is 19.9 Å². The summed E-state index contributed by atoms with van der Waals surface area (Å²) in [6.07, 6.45) is 4.36. The molecule has 2 heterocycles. The fraction of sp³-hybridized carbons (Fsp3) is 0.357. The Kier molecular flexibility index (Phi) is 4.34. The monoisotopic (exact) mass is 272 g/mol. The minimum atomic E-state index is -0.868. The molecule has 0 atom stereocenters. The van der Waals surface area contributed by atoms with Gasteiger partial charge in [0.1, 0.15) is 12.0 Å². The molecule has 0 saturated heterocycles. The number of rotatable bonds is 5. The van der Waals surface area contributed by atoms with Crippen LogP contribution in [0.3, 0.4) is 0 Å². The number of carbonyl (C=O) groups is 1. The molecule has 0 aliphatic carbocycles. The van der Waals surface area contributed by atoms with Gasteiger partial charge in [-0.1, -0.05) is 13.8 Å². The molecule has 0 radical (unpaired) electrons. The predicted octanol–water partition coefficient (Wildman–Crippen LogP) is 1.69. The van der Waals surface area contributed by atoms with E-state index in [1.165, 1.54) is 6.33 Å². The molecule has 20 heavy (non-hydrogen) atoms. The summed E-state index contributed by atoms with van der Waals surface area (Å²) in [4.78, 5) is 27.9. The molecule has 1 N–H and O–H groups in total. The van der Waals surface area contributed by atoms with Gasteiger partial charge in [-0.05, 0) is 18.9 Å². The van der Waals surface area contributed by atoms with Crippen LogP contribution in [0.5, 0.6) is 0 Å². The Morgan fingerprint density at radius 2 is 1.85 bits per heavy atom. The third-order valence-corrected chi connectivity index (χ3v) is 2.99. The molecule has 6 heteroatoms. The van der Waals surface area contributed by atoms with Crippen LogP contribution in [-0.4, -0.2) is 31.0 Å². The van der Waals surface area contributed by atoms with E-state index in [0.29, 0.717) is 24.4 Å². The molecule has 0 amide bonds. The Hall–Kier alpha value is -2.37.